The van der Waals surface area contributed by atoms with Crippen LogP contribution in [0.15, 0.2) is 42.5 Å². The van der Waals surface area contributed by atoms with Crippen molar-refractivity contribution in [2.45, 2.75) is 114 Å². The number of ketones is 1. The Balaban J connectivity index is 0.00000705. The summed E-state index contributed by atoms with van der Waals surface area (Å²) >= 11 is 6.99. The molecule has 0 bridgehead atoms. The van der Waals surface area contributed by atoms with E-state index in [4.69, 9.17) is 21.1 Å². The first-order chi connectivity index (χ1) is 21.4. The summed E-state index contributed by atoms with van der Waals surface area (Å²) in [5.41, 5.74) is 0.607. The predicted octanol–water partition coefficient (Wildman–Crippen LogP) is 10.3. The van der Waals surface area contributed by atoms with Crippen LogP contribution in [0.2, 0.25) is 0 Å². The third-order valence-corrected chi connectivity index (χ3v) is 9.84. The molecule has 5 nitrogen and oxygen atoms in total. The van der Waals surface area contributed by atoms with E-state index in [1.165, 1.54) is 63.5 Å². The van der Waals surface area contributed by atoms with Gasteiger partial charge in [-0.1, -0.05) is 77.2 Å². The molecule has 8 heteroatoms. The van der Waals surface area contributed by atoms with E-state index in [-0.39, 0.29) is 35.4 Å². The van der Waals surface area contributed by atoms with Crippen LogP contribution in [0.5, 0.6) is 11.5 Å². The lowest BCUT2D eigenvalue weighted by Crippen LogP contribution is -2.41. The van der Waals surface area contributed by atoms with Crippen LogP contribution in [0, 0.1) is 23.1 Å². The van der Waals surface area contributed by atoms with E-state index in [0.29, 0.717) is 29.9 Å². The number of benzene rings is 2. The van der Waals surface area contributed by atoms with E-state index >= 15 is 0 Å². The maximum atomic E-state index is 13.3. The summed E-state index contributed by atoms with van der Waals surface area (Å²) in [6, 6.07) is 14.4. The third kappa shape index (κ3) is 11.8. The van der Waals surface area contributed by atoms with Gasteiger partial charge in [-0.15, -0.1) is 24.0 Å². The number of unbranched alkanes of at least 4 members (excludes halogenated alkanes) is 9. The average Bonchev–Trinajstić information content (AvgIpc) is 3.06. The number of nitriles is 1. The van der Waals surface area contributed by atoms with Crippen LogP contribution in [0.3, 0.4) is 0 Å². The fraction of sp³-hybridized carbons (Fsp3) is 0.622. The summed E-state index contributed by atoms with van der Waals surface area (Å²) < 4.78 is 24.4. The largest absolute Gasteiger partial charge is 0.493 e. The molecule has 0 spiro atoms. The molecule has 1 saturated heterocycles. The Labute approximate surface area is 282 Å². The van der Waals surface area contributed by atoms with E-state index < -0.39 is 5.41 Å². The summed E-state index contributed by atoms with van der Waals surface area (Å²) in [6.45, 7) is 3.70. The number of halogens is 3. The first kappa shape index (κ1) is 38.9. The van der Waals surface area contributed by atoms with Crippen molar-refractivity contribution in [3.63, 3.8) is 0 Å². The lowest BCUT2D eigenvalue weighted by atomic mass is 9.73. The van der Waals surface area contributed by atoms with Gasteiger partial charge < -0.3 is 9.47 Å². The Bertz CT molecular complexity index is 1180. The quantitative estimate of drug-likeness (QED) is 0.0611. The minimum atomic E-state index is -0.677. The lowest BCUT2D eigenvalue weighted by molar-refractivity contribution is 0.0823. The highest BCUT2D eigenvalue weighted by atomic mass is 35.5. The number of piperidine rings is 1. The summed E-state index contributed by atoms with van der Waals surface area (Å²) in [4.78, 5) is 15.2. The highest BCUT2D eigenvalue weighted by Gasteiger charge is 2.35. The Hall–Kier alpha value is -2.33. The number of hydrogen-bond acceptors (Lipinski definition) is 5. The molecule has 2 atom stereocenters. The molecule has 2 unspecified atom stereocenters. The number of carbonyl (C=O) groups is 1. The third-order valence-electron chi connectivity index (χ3n) is 9.34. The van der Waals surface area contributed by atoms with Crippen molar-refractivity contribution in [2.24, 2.45) is 5.92 Å². The number of ether oxygens (including phenoxy) is 2. The van der Waals surface area contributed by atoms with Gasteiger partial charge in [0, 0.05) is 24.6 Å². The van der Waals surface area contributed by atoms with Gasteiger partial charge in [0.05, 0.1) is 31.2 Å². The van der Waals surface area contributed by atoms with Crippen molar-refractivity contribution < 1.29 is 18.7 Å². The van der Waals surface area contributed by atoms with Gasteiger partial charge in [0.15, 0.2) is 17.3 Å². The molecule has 2 aromatic carbocycles. The second-order valence-corrected chi connectivity index (χ2v) is 12.9. The monoisotopic (exact) mass is 662 g/mol. The number of hydrogen-bond donors (Lipinski definition) is 0. The zero-order chi connectivity index (χ0) is 31.8. The van der Waals surface area contributed by atoms with Crippen molar-refractivity contribution in [1.82, 2.24) is 4.90 Å². The number of Topliss-reactive ketones (excluding diaryl/α,β-unsaturated/α-hetero) is 1. The van der Waals surface area contributed by atoms with Gasteiger partial charge in [-0.05, 0) is 74.1 Å². The standard InChI is InChI=1S/C37H52ClFN2O3.ClH/c1-4-5-6-7-8-9-10-11-12-13-23-37(28-40,31-16-19-33(43-2)34(27-31)44-3)24-20-35(38)41-25-21-30(22-26-41)36(42)29-14-17-32(39)18-15-29;/h14-19,27,30,35H,4-13,20-26H2,1-3H3;1H. The van der Waals surface area contributed by atoms with E-state index in [2.05, 4.69) is 17.9 Å². The molecule has 2 aromatic rings. The Morgan fingerprint density at radius 2 is 1.51 bits per heavy atom. The van der Waals surface area contributed by atoms with Crippen LogP contribution < -0.4 is 9.47 Å². The molecule has 3 rings (SSSR count). The van der Waals surface area contributed by atoms with Crippen molar-refractivity contribution in [1.29, 1.82) is 5.26 Å². The average molecular weight is 664 g/mol. The molecule has 0 aliphatic carbocycles. The van der Waals surface area contributed by atoms with E-state index in [1.54, 1.807) is 26.4 Å². The first-order valence-electron chi connectivity index (χ1n) is 16.7. The molecular weight excluding hydrogens is 610 g/mol. The second-order valence-electron chi connectivity index (χ2n) is 12.4. The highest BCUT2D eigenvalue weighted by Crippen LogP contribution is 2.40. The van der Waals surface area contributed by atoms with E-state index in [0.717, 1.165) is 50.8 Å². The van der Waals surface area contributed by atoms with Crippen molar-refractivity contribution >= 4 is 29.8 Å². The molecule has 1 aliphatic heterocycles. The zero-order valence-corrected chi connectivity index (χ0v) is 29.1. The van der Waals surface area contributed by atoms with Crippen molar-refractivity contribution in [3.05, 3.63) is 59.4 Å². The van der Waals surface area contributed by atoms with Crippen LogP contribution in [-0.2, 0) is 5.41 Å². The molecule has 1 aliphatic rings. The molecule has 1 heterocycles. The summed E-state index contributed by atoms with van der Waals surface area (Å²) in [5, 5.41) is 10.7. The number of rotatable bonds is 20. The zero-order valence-electron chi connectivity index (χ0n) is 27.5. The molecule has 1 fully saturated rings. The molecule has 0 N–H and O–H groups in total. The summed E-state index contributed by atoms with van der Waals surface area (Å²) in [5.74, 6) is 0.931. The van der Waals surface area contributed by atoms with E-state index in [9.17, 15) is 14.4 Å². The number of nitrogens with zero attached hydrogens (tertiary/aromatic N) is 2. The van der Waals surface area contributed by atoms with Crippen LogP contribution in [0.25, 0.3) is 0 Å². The Morgan fingerprint density at radius 1 is 0.933 bits per heavy atom. The smallest absolute Gasteiger partial charge is 0.166 e. The molecule has 0 saturated carbocycles. The highest BCUT2D eigenvalue weighted by molar-refractivity contribution is 6.20. The SMILES string of the molecule is CCCCCCCCCCCCC(C#N)(CCC(Cl)N1CCC(C(=O)c2ccc(F)cc2)CC1)c1ccc(OC)c(OC)c1.Cl. The van der Waals surface area contributed by atoms with Gasteiger partial charge in [-0.3, -0.25) is 9.69 Å². The van der Waals surface area contributed by atoms with Crippen molar-refractivity contribution in [3.8, 4) is 17.6 Å². The van der Waals surface area contributed by atoms with Gasteiger partial charge in [-0.2, -0.15) is 5.26 Å². The topological polar surface area (TPSA) is 62.6 Å². The summed E-state index contributed by atoms with van der Waals surface area (Å²) in [6.07, 6.45) is 16.0. The van der Waals surface area contributed by atoms with Gasteiger partial charge in [-0.25, -0.2) is 4.39 Å². The van der Waals surface area contributed by atoms with Crippen LogP contribution in [0.4, 0.5) is 4.39 Å². The fourth-order valence-corrected chi connectivity index (χ4v) is 6.78. The molecule has 0 amide bonds. The minimum Gasteiger partial charge on any atom is -0.493 e. The molecular formula is C37H53Cl2FN2O3. The maximum Gasteiger partial charge on any atom is 0.166 e. The van der Waals surface area contributed by atoms with Gasteiger partial charge in [0.2, 0.25) is 0 Å². The minimum absolute atomic E-state index is 0. The number of methoxy groups -OCH3 is 2. The van der Waals surface area contributed by atoms with Gasteiger partial charge in [0.1, 0.15) is 5.82 Å². The molecule has 250 valence electrons. The maximum absolute atomic E-state index is 13.3. The van der Waals surface area contributed by atoms with Gasteiger partial charge in [0.25, 0.3) is 0 Å². The Kier molecular flexibility index (Phi) is 17.9. The van der Waals surface area contributed by atoms with Crippen LogP contribution in [0.1, 0.15) is 119 Å². The normalized spacial score (nSPS) is 15.8. The molecule has 0 aromatic heterocycles. The summed E-state index contributed by atoms with van der Waals surface area (Å²) in [7, 11) is 3.24. The second kappa shape index (κ2) is 20.7. The van der Waals surface area contributed by atoms with Crippen molar-refractivity contribution in [2.75, 3.05) is 27.3 Å². The first-order valence-corrected chi connectivity index (χ1v) is 17.1. The Morgan fingerprint density at radius 3 is 2.07 bits per heavy atom. The van der Waals surface area contributed by atoms with Gasteiger partial charge >= 0.3 is 0 Å². The number of alkyl halides is 1. The van der Waals surface area contributed by atoms with Crippen LogP contribution in [-0.4, -0.2) is 43.5 Å². The van der Waals surface area contributed by atoms with Crippen LogP contribution >= 0.6 is 24.0 Å². The predicted molar refractivity (Wildman–Crippen MR) is 184 cm³/mol. The lowest BCUT2D eigenvalue weighted by Gasteiger charge is -2.36. The number of likely N-dealkylation sites (tertiary alicyclic amines) is 1. The number of carbonyl (C=O) groups excluding carboxylic acids is 1. The van der Waals surface area contributed by atoms with E-state index in [1.807, 2.05) is 18.2 Å². The molecule has 0 radical (unpaired) electrons. The molecule has 45 heavy (non-hydrogen) atoms. The fourth-order valence-electron chi connectivity index (χ4n) is 6.48.